The highest BCUT2D eigenvalue weighted by molar-refractivity contribution is 9.10. The molecule has 0 saturated heterocycles. The molecule has 20 heavy (non-hydrogen) atoms. The number of nitrogens with two attached hydrogens (primary N) is 1. The van der Waals surface area contributed by atoms with E-state index < -0.39 is 11.6 Å². The van der Waals surface area contributed by atoms with Crippen molar-refractivity contribution < 1.29 is 14.0 Å². The fourth-order valence-electron chi connectivity index (χ4n) is 1.56. The zero-order chi connectivity index (χ0) is 14.7. The quantitative estimate of drug-likeness (QED) is 0.377. The molecular formula is C13H9BrF2N2OS. The fourth-order valence-corrected chi connectivity index (χ4v) is 3.26. The molecule has 7 heteroatoms. The van der Waals surface area contributed by atoms with E-state index in [1.54, 1.807) is 18.2 Å². The minimum atomic E-state index is -0.666. The summed E-state index contributed by atoms with van der Waals surface area (Å²) in [6.07, 6.45) is 0. The van der Waals surface area contributed by atoms with E-state index in [1.165, 1.54) is 12.1 Å². The van der Waals surface area contributed by atoms with E-state index in [2.05, 4.69) is 21.1 Å². The monoisotopic (exact) mass is 358 g/mol. The Morgan fingerprint density at radius 2 is 1.95 bits per heavy atom. The summed E-state index contributed by atoms with van der Waals surface area (Å²) in [5.74, 6) is -1.40. The zero-order valence-corrected chi connectivity index (χ0v) is 12.4. The second-order valence-electron chi connectivity index (χ2n) is 3.78. The Morgan fingerprint density at radius 1 is 1.20 bits per heavy atom. The van der Waals surface area contributed by atoms with Crippen molar-refractivity contribution in [2.45, 2.75) is 9.79 Å². The highest BCUT2D eigenvalue weighted by Gasteiger charge is 2.14. The summed E-state index contributed by atoms with van der Waals surface area (Å²) in [6.45, 7) is 0. The Bertz CT molecular complexity index is 679. The van der Waals surface area contributed by atoms with Crippen molar-refractivity contribution in [3.8, 4) is 0 Å². The third-order valence-electron chi connectivity index (χ3n) is 2.45. The second kappa shape index (κ2) is 6.23. The van der Waals surface area contributed by atoms with Crippen molar-refractivity contribution in [3.05, 3.63) is 58.1 Å². The maximum absolute atomic E-state index is 13.7. The molecule has 0 aliphatic heterocycles. The maximum Gasteiger partial charge on any atom is 0.172 e. The third kappa shape index (κ3) is 3.10. The Morgan fingerprint density at radius 3 is 2.60 bits per heavy atom. The van der Waals surface area contributed by atoms with Crippen LogP contribution >= 0.6 is 27.7 Å². The van der Waals surface area contributed by atoms with Crippen LogP contribution in [0.25, 0.3) is 0 Å². The average Bonchev–Trinajstić information content (AvgIpc) is 2.41. The molecule has 3 N–H and O–H groups in total. The molecule has 0 bridgehead atoms. The van der Waals surface area contributed by atoms with Crippen LogP contribution in [0, 0.1) is 11.6 Å². The van der Waals surface area contributed by atoms with E-state index in [0.29, 0.717) is 14.9 Å². The topological polar surface area (TPSA) is 58.6 Å². The lowest BCUT2D eigenvalue weighted by atomic mass is 10.2. The van der Waals surface area contributed by atoms with Gasteiger partial charge in [-0.05, 0) is 40.2 Å². The molecule has 0 spiro atoms. The number of rotatable bonds is 3. The number of oxime groups is 1. The molecule has 2 rings (SSSR count). The summed E-state index contributed by atoms with van der Waals surface area (Å²) in [6, 6.07) is 8.48. The SMILES string of the molecule is N/C(=N/O)c1c(Br)cccc1Sc1ccc(F)cc1F. The largest absolute Gasteiger partial charge is 0.409 e. The highest BCUT2D eigenvalue weighted by atomic mass is 79.9. The third-order valence-corrected chi connectivity index (χ3v) is 4.23. The summed E-state index contributed by atoms with van der Waals surface area (Å²) in [5, 5.41) is 11.8. The molecule has 0 aromatic heterocycles. The van der Waals surface area contributed by atoms with E-state index in [4.69, 9.17) is 10.9 Å². The molecule has 0 aliphatic carbocycles. The standard InChI is InChI=1S/C13H9BrF2N2OS/c14-8-2-1-3-11(12(8)13(17)18-19)20-10-5-4-7(15)6-9(10)16/h1-6,19H,(H2,17,18). The van der Waals surface area contributed by atoms with Gasteiger partial charge in [-0.15, -0.1) is 0 Å². The van der Waals surface area contributed by atoms with E-state index in [9.17, 15) is 8.78 Å². The van der Waals surface area contributed by atoms with Gasteiger partial charge in [0.2, 0.25) is 0 Å². The van der Waals surface area contributed by atoms with Crippen LogP contribution in [0.15, 0.2) is 55.8 Å². The molecule has 2 aromatic rings. The van der Waals surface area contributed by atoms with E-state index in [-0.39, 0.29) is 10.7 Å². The second-order valence-corrected chi connectivity index (χ2v) is 5.71. The highest BCUT2D eigenvalue weighted by Crippen LogP contribution is 2.35. The van der Waals surface area contributed by atoms with Crippen LogP contribution in [0.3, 0.4) is 0 Å². The summed E-state index contributed by atoms with van der Waals surface area (Å²) < 4.78 is 27.2. The molecule has 2 aromatic carbocycles. The smallest absolute Gasteiger partial charge is 0.172 e. The van der Waals surface area contributed by atoms with Crippen LogP contribution in [0.5, 0.6) is 0 Å². The first-order valence-electron chi connectivity index (χ1n) is 5.42. The fraction of sp³-hybridized carbons (Fsp3) is 0. The number of hydrogen-bond donors (Lipinski definition) is 2. The van der Waals surface area contributed by atoms with Gasteiger partial charge < -0.3 is 10.9 Å². The Kier molecular flexibility index (Phi) is 4.61. The van der Waals surface area contributed by atoms with Gasteiger partial charge >= 0.3 is 0 Å². The molecule has 0 aliphatic rings. The van der Waals surface area contributed by atoms with Crippen molar-refractivity contribution in [1.82, 2.24) is 0 Å². The first-order chi connectivity index (χ1) is 9.52. The Labute approximate surface area is 126 Å². The van der Waals surface area contributed by atoms with Gasteiger partial charge in [-0.1, -0.05) is 23.0 Å². The van der Waals surface area contributed by atoms with Crippen LogP contribution < -0.4 is 5.73 Å². The number of halogens is 3. The molecule has 0 heterocycles. The lowest BCUT2D eigenvalue weighted by Crippen LogP contribution is -2.15. The number of amidine groups is 1. The Hall–Kier alpha value is -1.60. The van der Waals surface area contributed by atoms with E-state index in [0.717, 1.165) is 17.8 Å². The van der Waals surface area contributed by atoms with Gasteiger partial charge in [-0.2, -0.15) is 0 Å². The van der Waals surface area contributed by atoms with Crippen LogP contribution in [0.1, 0.15) is 5.56 Å². The predicted molar refractivity (Wildman–Crippen MR) is 77.1 cm³/mol. The normalized spacial score (nSPS) is 11.7. The van der Waals surface area contributed by atoms with Crippen LogP contribution in [0.4, 0.5) is 8.78 Å². The van der Waals surface area contributed by atoms with Crippen molar-refractivity contribution in [1.29, 1.82) is 0 Å². The van der Waals surface area contributed by atoms with Gasteiger partial charge in [0.15, 0.2) is 5.84 Å². The average molecular weight is 359 g/mol. The van der Waals surface area contributed by atoms with Gasteiger partial charge in [0.25, 0.3) is 0 Å². The van der Waals surface area contributed by atoms with E-state index >= 15 is 0 Å². The van der Waals surface area contributed by atoms with Crippen LogP contribution in [0.2, 0.25) is 0 Å². The molecule has 0 radical (unpaired) electrons. The number of nitrogens with zero attached hydrogens (tertiary/aromatic N) is 1. The van der Waals surface area contributed by atoms with Crippen molar-refractivity contribution in [2.75, 3.05) is 0 Å². The van der Waals surface area contributed by atoms with Crippen molar-refractivity contribution in [2.24, 2.45) is 10.9 Å². The van der Waals surface area contributed by atoms with Gasteiger partial charge in [-0.25, -0.2) is 8.78 Å². The van der Waals surface area contributed by atoms with Gasteiger partial charge in [0, 0.05) is 25.9 Å². The number of hydrogen-bond acceptors (Lipinski definition) is 3. The lowest BCUT2D eigenvalue weighted by Gasteiger charge is -2.10. The number of benzene rings is 2. The predicted octanol–water partition coefficient (Wildman–Crippen LogP) is 3.97. The minimum absolute atomic E-state index is 0.0949. The summed E-state index contributed by atoms with van der Waals surface area (Å²) in [4.78, 5) is 0.830. The molecule has 3 nitrogen and oxygen atoms in total. The van der Waals surface area contributed by atoms with Gasteiger partial charge in [0.1, 0.15) is 11.6 Å². The van der Waals surface area contributed by atoms with Crippen molar-refractivity contribution >= 4 is 33.5 Å². The molecule has 0 amide bonds. The summed E-state index contributed by atoms with van der Waals surface area (Å²) in [7, 11) is 0. The molecule has 0 atom stereocenters. The molecular weight excluding hydrogens is 350 g/mol. The Balaban J connectivity index is 2.46. The first-order valence-corrected chi connectivity index (χ1v) is 7.03. The minimum Gasteiger partial charge on any atom is -0.409 e. The first kappa shape index (κ1) is 14.8. The molecule has 104 valence electrons. The lowest BCUT2D eigenvalue weighted by molar-refractivity contribution is 0.318. The molecule has 0 saturated carbocycles. The molecule has 0 fully saturated rings. The zero-order valence-electron chi connectivity index (χ0n) is 9.98. The van der Waals surface area contributed by atoms with Crippen LogP contribution in [-0.4, -0.2) is 11.0 Å². The van der Waals surface area contributed by atoms with E-state index in [1.807, 2.05) is 0 Å². The molecule has 0 unspecified atom stereocenters. The maximum atomic E-state index is 13.7. The summed E-state index contributed by atoms with van der Waals surface area (Å²) in [5.41, 5.74) is 6.06. The summed E-state index contributed by atoms with van der Waals surface area (Å²) >= 11 is 4.36. The van der Waals surface area contributed by atoms with Crippen LogP contribution in [-0.2, 0) is 0 Å². The van der Waals surface area contributed by atoms with Crippen molar-refractivity contribution in [3.63, 3.8) is 0 Å². The van der Waals surface area contributed by atoms with Gasteiger partial charge in [-0.3, -0.25) is 0 Å². The van der Waals surface area contributed by atoms with Gasteiger partial charge in [0.05, 0.1) is 0 Å².